The highest BCUT2D eigenvalue weighted by Crippen LogP contribution is 2.74. The van der Waals surface area contributed by atoms with Gasteiger partial charge in [0.05, 0.1) is 0 Å². The van der Waals surface area contributed by atoms with E-state index in [0.29, 0.717) is 0 Å². The third kappa shape index (κ3) is 1.54. The van der Waals surface area contributed by atoms with Crippen LogP contribution >= 0.6 is 0 Å². The maximum absolute atomic E-state index is 12.0. The topological polar surface area (TPSA) is 38.7 Å². The Labute approximate surface area is 140 Å². The Morgan fingerprint density at radius 2 is 1.65 bits per heavy atom. The van der Waals surface area contributed by atoms with E-state index in [1.165, 1.54) is 0 Å². The van der Waals surface area contributed by atoms with Crippen molar-refractivity contribution >= 4 is 0 Å². The highest BCUT2D eigenvalue weighted by atomic mass is 17.2. The van der Waals surface area contributed by atoms with Crippen LogP contribution in [0.3, 0.4) is 0 Å². The zero-order chi connectivity index (χ0) is 16.8. The summed E-state index contributed by atoms with van der Waals surface area (Å²) < 4.78 is 0. The molecule has 0 radical (unpaired) electrons. The van der Waals surface area contributed by atoms with Crippen molar-refractivity contribution in [2.24, 2.45) is 16.2 Å². The monoisotopic (exact) mass is 320 g/mol. The third-order valence-electron chi connectivity index (χ3n) is 8.59. The smallest absolute Gasteiger partial charge is 0.134 e. The third-order valence-corrected chi connectivity index (χ3v) is 8.59. The van der Waals surface area contributed by atoms with Gasteiger partial charge >= 0.3 is 0 Å². The molecule has 1 N–H and O–H groups in total. The predicted octanol–water partition coefficient (Wildman–Crippen LogP) is 4.54. The molecule has 2 aliphatic heterocycles. The predicted molar refractivity (Wildman–Crippen MR) is 89.7 cm³/mol. The van der Waals surface area contributed by atoms with Gasteiger partial charge in [-0.1, -0.05) is 40.2 Å². The highest BCUT2D eigenvalue weighted by molar-refractivity contribution is 5.29. The van der Waals surface area contributed by atoms with Crippen LogP contribution in [0.15, 0.2) is 12.7 Å². The Kier molecular flexibility index (Phi) is 2.96. The number of hydrogen-bond acceptors (Lipinski definition) is 3. The number of hydrogen-bond donors (Lipinski definition) is 1. The molecule has 0 aromatic rings. The molecule has 5 unspecified atom stereocenters. The molecule has 3 nitrogen and oxygen atoms in total. The van der Waals surface area contributed by atoms with Gasteiger partial charge in [-0.15, -0.1) is 6.58 Å². The van der Waals surface area contributed by atoms with Crippen molar-refractivity contribution < 1.29 is 14.9 Å². The molecule has 5 atom stereocenters. The highest BCUT2D eigenvalue weighted by Gasteiger charge is 2.81. The maximum Gasteiger partial charge on any atom is 0.134 e. The van der Waals surface area contributed by atoms with E-state index in [-0.39, 0.29) is 21.8 Å². The second kappa shape index (κ2) is 4.23. The average molecular weight is 320 g/mol. The number of rotatable bonds is 1. The minimum absolute atomic E-state index is 0.0213. The van der Waals surface area contributed by atoms with Crippen LogP contribution in [0.2, 0.25) is 0 Å². The van der Waals surface area contributed by atoms with Crippen molar-refractivity contribution in [3.63, 3.8) is 0 Å². The molecule has 3 saturated carbocycles. The second-order valence-electron chi connectivity index (χ2n) is 9.95. The van der Waals surface area contributed by atoms with Gasteiger partial charge in [0.25, 0.3) is 0 Å². The van der Waals surface area contributed by atoms with Crippen LogP contribution in [0.1, 0.15) is 79.1 Å². The van der Waals surface area contributed by atoms with Crippen molar-refractivity contribution in [1.29, 1.82) is 0 Å². The molecular weight excluding hydrogens is 288 g/mol. The Morgan fingerprint density at radius 3 is 2.26 bits per heavy atom. The number of aliphatic hydroxyl groups is 1. The van der Waals surface area contributed by atoms with Crippen LogP contribution in [0.25, 0.3) is 0 Å². The molecule has 2 bridgehead atoms. The van der Waals surface area contributed by atoms with E-state index in [2.05, 4.69) is 34.3 Å². The van der Waals surface area contributed by atoms with Gasteiger partial charge in [0.15, 0.2) is 0 Å². The molecule has 3 aliphatic carbocycles. The summed E-state index contributed by atoms with van der Waals surface area (Å²) in [4.78, 5) is 12.4. The molecule has 5 aliphatic rings. The summed E-state index contributed by atoms with van der Waals surface area (Å²) in [5.41, 5.74) is -1.92. The minimum Gasteiger partial charge on any atom is -0.386 e. The lowest BCUT2D eigenvalue weighted by atomic mass is 9.37. The zero-order valence-corrected chi connectivity index (χ0v) is 15.2. The van der Waals surface area contributed by atoms with Gasteiger partial charge in [-0.25, -0.2) is 9.78 Å². The van der Waals surface area contributed by atoms with E-state index < -0.39 is 11.2 Å². The van der Waals surface area contributed by atoms with Crippen molar-refractivity contribution in [3.8, 4) is 0 Å². The maximum atomic E-state index is 12.0. The summed E-state index contributed by atoms with van der Waals surface area (Å²) in [7, 11) is 0. The van der Waals surface area contributed by atoms with Gasteiger partial charge in [-0.2, -0.15) is 0 Å². The van der Waals surface area contributed by atoms with Crippen molar-refractivity contribution in [1.82, 2.24) is 0 Å². The van der Waals surface area contributed by atoms with Gasteiger partial charge in [-0.3, -0.25) is 0 Å². The number of allylic oxidation sites excluding steroid dienone is 1. The fraction of sp³-hybridized carbons (Fsp3) is 0.900. The molecule has 5 fully saturated rings. The summed E-state index contributed by atoms with van der Waals surface area (Å²) in [6.45, 7) is 13.1. The summed E-state index contributed by atoms with van der Waals surface area (Å²) in [6, 6.07) is 0. The normalized spacial score (nSPS) is 57.4. The van der Waals surface area contributed by atoms with Gasteiger partial charge in [0, 0.05) is 5.41 Å². The standard InChI is InChI=1S/C20H32O3/c1-6-16(4)10-12-19(21)17(5)9-7-8-15(2,3)20(17)13-11-18(19,14-16)22-23-20/h6,21H,1,7-14H2,2-5H3. The Morgan fingerprint density at radius 1 is 0.913 bits per heavy atom. The van der Waals surface area contributed by atoms with E-state index >= 15 is 0 Å². The molecule has 0 aromatic carbocycles. The van der Waals surface area contributed by atoms with Crippen molar-refractivity contribution in [2.75, 3.05) is 0 Å². The van der Waals surface area contributed by atoms with E-state index in [1.54, 1.807) is 0 Å². The molecular formula is C20H32O3. The summed E-state index contributed by atoms with van der Waals surface area (Å²) in [6.07, 6.45) is 9.84. The fourth-order valence-corrected chi connectivity index (χ4v) is 6.93. The lowest BCUT2D eigenvalue weighted by molar-refractivity contribution is -0.565. The molecule has 2 heterocycles. The van der Waals surface area contributed by atoms with Crippen molar-refractivity contribution in [3.05, 3.63) is 12.7 Å². The second-order valence-corrected chi connectivity index (χ2v) is 9.95. The Balaban J connectivity index is 1.86. The molecule has 23 heavy (non-hydrogen) atoms. The first-order valence-corrected chi connectivity index (χ1v) is 9.32. The van der Waals surface area contributed by atoms with Crippen LogP contribution < -0.4 is 0 Å². The van der Waals surface area contributed by atoms with Gasteiger partial charge in [0.1, 0.15) is 16.8 Å². The van der Waals surface area contributed by atoms with E-state index in [4.69, 9.17) is 9.78 Å². The minimum atomic E-state index is -0.795. The van der Waals surface area contributed by atoms with Crippen LogP contribution in [0.4, 0.5) is 0 Å². The summed E-state index contributed by atoms with van der Waals surface area (Å²) in [5.74, 6) is 0. The summed E-state index contributed by atoms with van der Waals surface area (Å²) >= 11 is 0. The first kappa shape index (κ1) is 16.1. The van der Waals surface area contributed by atoms with Gasteiger partial charge < -0.3 is 5.11 Å². The van der Waals surface area contributed by atoms with E-state index in [0.717, 1.165) is 51.4 Å². The van der Waals surface area contributed by atoms with Crippen LogP contribution in [-0.2, 0) is 9.78 Å². The molecule has 5 rings (SSSR count). The first-order valence-electron chi connectivity index (χ1n) is 9.32. The zero-order valence-electron chi connectivity index (χ0n) is 15.2. The van der Waals surface area contributed by atoms with E-state index in [9.17, 15) is 5.11 Å². The summed E-state index contributed by atoms with van der Waals surface area (Å²) in [5, 5.41) is 12.0. The average Bonchev–Trinajstić information content (AvgIpc) is 2.50. The number of fused-ring (bicyclic) bond motifs is 2. The van der Waals surface area contributed by atoms with Crippen molar-refractivity contribution in [2.45, 2.75) is 95.9 Å². The van der Waals surface area contributed by atoms with Crippen LogP contribution in [0, 0.1) is 16.2 Å². The van der Waals surface area contributed by atoms with Crippen LogP contribution in [0.5, 0.6) is 0 Å². The largest absolute Gasteiger partial charge is 0.386 e. The van der Waals surface area contributed by atoms with E-state index in [1.807, 2.05) is 6.08 Å². The van der Waals surface area contributed by atoms with Gasteiger partial charge in [0.2, 0.25) is 0 Å². The Hall–Kier alpha value is -0.380. The van der Waals surface area contributed by atoms with Gasteiger partial charge in [-0.05, 0) is 55.8 Å². The lowest BCUT2D eigenvalue weighted by Gasteiger charge is -2.76. The van der Waals surface area contributed by atoms with Crippen LogP contribution in [-0.4, -0.2) is 21.9 Å². The SMILES string of the molecule is C=CC1(C)CCC2(O)C3(CCC4(OO3)C(C)(C)CCCC24C)C1. The molecule has 2 saturated heterocycles. The molecule has 3 heteroatoms. The molecule has 0 aromatic heterocycles. The first-order chi connectivity index (χ1) is 10.6. The molecule has 130 valence electrons. The molecule has 2 spiro atoms. The Bertz CT molecular complexity index is 545. The molecule has 0 amide bonds. The lowest BCUT2D eigenvalue weighted by Crippen LogP contribution is -2.84. The quantitative estimate of drug-likeness (QED) is 0.569. The fourth-order valence-electron chi connectivity index (χ4n) is 6.93.